The van der Waals surface area contributed by atoms with Crippen LogP contribution in [0.1, 0.15) is 17.2 Å². The number of phenols is 1. The summed E-state index contributed by atoms with van der Waals surface area (Å²) >= 11 is 0. The van der Waals surface area contributed by atoms with Gasteiger partial charge in [-0.2, -0.15) is 0 Å². The summed E-state index contributed by atoms with van der Waals surface area (Å²) in [5.41, 5.74) is 1.07. The minimum atomic E-state index is -0.206. The number of aromatic nitrogens is 3. The van der Waals surface area contributed by atoms with Gasteiger partial charge in [0.05, 0.1) is 13.7 Å². The number of benzene rings is 2. The van der Waals surface area contributed by atoms with Crippen LogP contribution in [0.25, 0.3) is 0 Å². The van der Waals surface area contributed by atoms with E-state index in [1.165, 1.54) is 0 Å². The summed E-state index contributed by atoms with van der Waals surface area (Å²) in [6, 6.07) is 14.7. The van der Waals surface area contributed by atoms with E-state index in [4.69, 9.17) is 9.47 Å². The van der Waals surface area contributed by atoms with Crippen LogP contribution in [0, 0.1) is 0 Å². The number of carbonyl (C=O) groups excluding carboxylic acids is 1. The summed E-state index contributed by atoms with van der Waals surface area (Å²) in [7, 11) is 1.55. The van der Waals surface area contributed by atoms with Crippen molar-refractivity contribution in [3.05, 3.63) is 65.7 Å². The molecule has 0 bridgehead atoms. The van der Waals surface area contributed by atoms with Crippen molar-refractivity contribution >= 4 is 5.91 Å². The first kappa shape index (κ1) is 21.6. The van der Waals surface area contributed by atoms with Gasteiger partial charge in [0.25, 0.3) is 5.91 Å². The number of carbonyl (C=O) groups is 1. The Balaban J connectivity index is 1.29. The number of hydrogen-bond donors (Lipinski definition) is 2. The first-order valence-corrected chi connectivity index (χ1v) is 10.6. The van der Waals surface area contributed by atoms with E-state index in [9.17, 15) is 9.90 Å². The molecule has 9 heteroatoms. The Hall–Kier alpha value is -3.59. The normalized spacial score (nSPS) is 13.8. The van der Waals surface area contributed by atoms with Crippen molar-refractivity contribution in [3.63, 3.8) is 0 Å². The van der Waals surface area contributed by atoms with Crippen LogP contribution in [-0.4, -0.2) is 57.5 Å². The molecule has 0 saturated heterocycles. The van der Waals surface area contributed by atoms with Crippen LogP contribution >= 0.6 is 0 Å². The van der Waals surface area contributed by atoms with E-state index in [1.807, 2.05) is 42.5 Å². The molecule has 0 saturated carbocycles. The van der Waals surface area contributed by atoms with Crippen LogP contribution in [0.15, 0.2) is 48.5 Å². The lowest BCUT2D eigenvalue weighted by Crippen LogP contribution is -2.30. The fourth-order valence-corrected chi connectivity index (χ4v) is 3.69. The molecule has 4 rings (SSSR count). The van der Waals surface area contributed by atoms with Gasteiger partial charge in [0.1, 0.15) is 11.6 Å². The number of para-hydroxylation sites is 1. The topological polar surface area (TPSA) is 102 Å². The van der Waals surface area contributed by atoms with Crippen LogP contribution in [0.3, 0.4) is 0 Å². The maximum absolute atomic E-state index is 12.1. The number of nitrogens with zero attached hydrogens (tertiary/aromatic N) is 4. The molecule has 2 heterocycles. The number of ether oxygens (including phenoxy) is 2. The van der Waals surface area contributed by atoms with E-state index in [0.29, 0.717) is 18.0 Å². The van der Waals surface area contributed by atoms with Crippen molar-refractivity contribution < 1.29 is 19.4 Å². The second-order valence-corrected chi connectivity index (χ2v) is 7.59. The van der Waals surface area contributed by atoms with Crippen LogP contribution in [-0.2, 0) is 30.8 Å². The fourth-order valence-electron chi connectivity index (χ4n) is 3.69. The van der Waals surface area contributed by atoms with Crippen LogP contribution in [0.2, 0.25) is 0 Å². The number of methoxy groups -OCH3 is 1. The van der Waals surface area contributed by atoms with Gasteiger partial charge in [-0.1, -0.05) is 24.3 Å². The number of hydrogen-bond acceptors (Lipinski definition) is 7. The molecule has 0 atom stereocenters. The van der Waals surface area contributed by atoms with Gasteiger partial charge in [-0.25, -0.2) is 0 Å². The monoisotopic (exact) mass is 437 g/mol. The Morgan fingerprint density at radius 3 is 2.78 bits per heavy atom. The second kappa shape index (κ2) is 10.1. The third-order valence-corrected chi connectivity index (χ3v) is 5.40. The summed E-state index contributed by atoms with van der Waals surface area (Å²) in [6.07, 6.45) is 0.771. The molecule has 1 aliphatic rings. The fraction of sp³-hybridized carbons (Fsp3) is 0.348. The zero-order valence-electron chi connectivity index (χ0n) is 18.0. The van der Waals surface area contributed by atoms with E-state index in [2.05, 4.69) is 25.0 Å². The lowest BCUT2D eigenvalue weighted by Gasteiger charge is -2.20. The average Bonchev–Trinajstić information content (AvgIpc) is 3.10. The Morgan fingerprint density at radius 2 is 1.97 bits per heavy atom. The zero-order chi connectivity index (χ0) is 22.3. The third-order valence-electron chi connectivity index (χ3n) is 5.40. The molecule has 0 radical (unpaired) electrons. The van der Waals surface area contributed by atoms with Crippen molar-refractivity contribution in [1.29, 1.82) is 0 Å². The standard InChI is InChI=1S/C23H27N5O4/c1-31-20-13-17(7-8-19(20)29)15-27-10-9-21-25-26-22(28(21)12-11-27)14-24-23(30)16-32-18-5-3-2-4-6-18/h2-8,13,29H,9-12,14-16H2,1H3,(H,24,30). The predicted octanol–water partition coefficient (Wildman–Crippen LogP) is 1.75. The smallest absolute Gasteiger partial charge is 0.258 e. The highest BCUT2D eigenvalue weighted by molar-refractivity contribution is 5.77. The minimum Gasteiger partial charge on any atom is -0.504 e. The highest BCUT2D eigenvalue weighted by Crippen LogP contribution is 2.27. The van der Waals surface area contributed by atoms with Gasteiger partial charge < -0.3 is 24.5 Å². The molecule has 2 aromatic carbocycles. The predicted molar refractivity (Wildman–Crippen MR) is 117 cm³/mol. The van der Waals surface area contributed by atoms with E-state index in [-0.39, 0.29) is 18.3 Å². The highest BCUT2D eigenvalue weighted by Gasteiger charge is 2.19. The van der Waals surface area contributed by atoms with E-state index >= 15 is 0 Å². The van der Waals surface area contributed by atoms with Crippen LogP contribution in [0.5, 0.6) is 17.2 Å². The van der Waals surface area contributed by atoms with E-state index < -0.39 is 0 Å². The van der Waals surface area contributed by atoms with Crippen molar-refractivity contribution in [3.8, 4) is 17.2 Å². The van der Waals surface area contributed by atoms with Crippen molar-refractivity contribution in [2.45, 2.75) is 26.1 Å². The van der Waals surface area contributed by atoms with Gasteiger partial charge in [-0.3, -0.25) is 9.69 Å². The molecule has 168 valence electrons. The molecule has 3 aromatic rings. The second-order valence-electron chi connectivity index (χ2n) is 7.59. The van der Waals surface area contributed by atoms with Gasteiger partial charge in [0, 0.05) is 32.6 Å². The lowest BCUT2D eigenvalue weighted by molar-refractivity contribution is -0.123. The largest absolute Gasteiger partial charge is 0.504 e. The van der Waals surface area contributed by atoms with Gasteiger partial charge in [-0.05, 0) is 29.8 Å². The Morgan fingerprint density at radius 1 is 1.12 bits per heavy atom. The van der Waals surface area contributed by atoms with Gasteiger partial charge in [0.15, 0.2) is 23.9 Å². The molecule has 0 aliphatic carbocycles. The van der Waals surface area contributed by atoms with E-state index in [0.717, 1.165) is 49.8 Å². The first-order chi connectivity index (χ1) is 15.6. The van der Waals surface area contributed by atoms with E-state index in [1.54, 1.807) is 13.2 Å². The Kier molecular flexibility index (Phi) is 6.86. The Bertz CT molecular complexity index is 1050. The number of rotatable bonds is 8. The molecule has 1 amide bonds. The molecule has 32 heavy (non-hydrogen) atoms. The maximum atomic E-state index is 12.1. The molecule has 0 spiro atoms. The molecule has 0 fully saturated rings. The summed E-state index contributed by atoms with van der Waals surface area (Å²) in [4.78, 5) is 14.5. The third kappa shape index (κ3) is 5.36. The number of amides is 1. The Labute approximate surface area is 186 Å². The number of aromatic hydroxyl groups is 1. The quantitative estimate of drug-likeness (QED) is 0.554. The minimum absolute atomic E-state index is 0.0467. The summed E-state index contributed by atoms with van der Waals surface area (Å²) in [6.45, 7) is 3.42. The first-order valence-electron chi connectivity index (χ1n) is 10.6. The number of fused-ring (bicyclic) bond motifs is 1. The van der Waals surface area contributed by atoms with Gasteiger partial charge >= 0.3 is 0 Å². The number of phenolic OH excluding ortho intramolecular Hbond substituents is 1. The molecule has 2 N–H and O–H groups in total. The maximum Gasteiger partial charge on any atom is 0.258 e. The summed E-state index contributed by atoms with van der Waals surface area (Å²) in [5.74, 6) is 2.72. The van der Waals surface area contributed by atoms with Crippen LogP contribution in [0.4, 0.5) is 0 Å². The van der Waals surface area contributed by atoms with Gasteiger partial charge in [0.2, 0.25) is 0 Å². The van der Waals surface area contributed by atoms with Crippen molar-refractivity contribution in [1.82, 2.24) is 25.0 Å². The number of nitrogens with one attached hydrogen (secondary N) is 1. The zero-order valence-corrected chi connectivity index (χ0v) is 18.0. The molecule has 1 aliphatic heterocycles. The molecule has 0 unspecified atom stereocenters. The lowest BCUT2D eigenvalue weighted by atomic mass is 10.2. The van der Waals surface area contributed by atoms with Crippen molar-refractivity contribution in [2.75, 3.05) is 26.8 Å². The summed E-state index contributed by atoms with van der Waals surface area (Å²) in [5, 5.41) is 21.2. The molecular formula is C23H27N5O4. The highest BCUT2D eigenvalue weighted by atomic mass is 16.5. The SMILES string of the molecule is COc1cc(CN2CCc3nnc(CNC(=O)COc4ccccc4)n3CC2)ccc1O. The molecule has 9 nitrogen and oxygen atoms in total. The van der Waals surface area contributed by atoms with Gasteiger partial charge in [-0.15, -0.1) is 10.2 Å². The summed E-state index contributed by atoms with van der Waals surface area (Å²) < 4.78 is 12.8. The molecule has 1 aromatic heterocycles. The average molecular weight is 438 g/mol. The molecular weight excluding hydrogens is 410 g/mol. The van der Waals surface area contributed by atoms with Crippen molar-refractivity contribution in [2.24, 2.45) is 0 Å². The van der Waals surface area contributed by atoms with Crippen LogP contribution < -0.4 is 14.8 Å².